The molecular weight excluding hydrogens is 422 g/mol. The molecule has 1 unspecified atom stereocenters. The molecule has 2 aromatic carbocycles. The summed E-state index contributed by atoms with van der Waals surface area (Å²) in [6.45, 7) is 2.87. The number of likely N-dealkylation sites (tertiary alicyclic amines) is 1. The van der Waals surface area contributed by atoms with E-state index in [-0.39, 0.29) is 36.2 Å². The Morgan fingerprint density at radius 2 is 1.73 bits per heavy atom. The van der Waals surface area contributed by atoms with E-state index in [0.717, 1.165) is 6.42 Å². The highest BCUT2D eigenvalue weighted by molar-refractivity contribution is 6.04. The Kier molecular flexibility index (Phi) is 8.18. The van der Waals surface area contributed by atoms with Gasteiger partial charge in [-0.15, -0.1) is 0 Å². The average Bonchev–Trinajstić information content (AvgIpc) is 2.84. The van der Waals surface area contributed by atoms with E-state index in [1.165, 1.54) is 4.90 Å². The first-order valence-electron chi connectivity index (χ1n) is 11.1. The molecule has 0 radical (unpaired) electrons. The lowest BCUT2D eigenvalue weighted by Gasteiger charge is -2.32. The van der Waals surface area contributed by atoms with Gasteiger partial charge in [-0.05, 0) is 56.2 Å². The molecule has 8 heteroatoms. The average molecular weight is 452 g/mol. The molecule has 8 nitrogen and oxygen atoms in total. The molecule has 1 N–H and O–H groups in total. The normalized spacial score (nSPS) is 15.5. The summed E-state index contributed by atoms with van der Waals surface area (Å²) >= 11 is 0. The van der Waals surface area contributed by atoms with Crippen molar-refractivity contribution in [3.05, 3.63) is 65.7 Å². The fourth-order valence-corrected chi connectivity index (χ4v) is 3.74. The predicted octanol–water partition coefficient (Wildman–Crippen LogP) is 2.81. The third-order valence-electron chi connectivity index (χ3n) is 5.54. The highest BCUT2D eigenvalue weighted by Gasteiger charge is 2.30. The van der Waals surface area contributed by atoms with Gasteiger partial charge in [-0.2, -0.15) is 0 Å². The van der Waals surface area contributed by atoms with E-state index < -0.39 is 0 Å². The van der Waals surface area contributed by atoms with Crippen LogP contribution in [0.5, 0.6) is 0 Å². The summed E-state index contributed by atoms with van der Waals surface area (Å²) in [4.78, 5) is 52.7. The van der Waals surface area contributed by atoms with Crippen LogP contribution >= 0.6 is 0 Å². The van der Waals surface area contributed by atoms with Gasteiger partial charge in [0.15, 0.2) is 0 Å². The van der Waals surface area contributed by atoms with Gasteiger partial charge >= 0.3 is 5.97 Å². The molecule has 1 atom stereocenters. The minimum Gasteiger partial charge on any atom is -0.466 e. The van der Waals surface area contributed by atoms with Crippen molar-refractivity contribution < 1.29 is 23.9 Å². The van der Waals surface area contributed by atoms with Crippen LogP contribution in [0.15, 0.2) is 54.6 Å². The van der Waals surface area contributed by atoms with E-state index in [1.54, 1.807) is 67.4 Å². The van der Waals surface area contributed by atoms with E-state index >= 15 is 0 Å². The SMILES string of the molecule is CCOC(=O)C1CCCN(C(=O)CN(C)C(=O)c2ccc(NC(=O)c3ccccc3)cc2)C1. The first-order chi connectivity index (χ1) is 15.9. The molecule has 1 aliphatic rings. The third kappa shape index (κ3) is 6.41. The number of likely N-dealkylation sites (N-methyl/N-ethyl adjacent to an activating group) is 1. The van der Waals surface area contributed by atoms with Crippen molar-refractivity contribution in [1.29, 1.82) is 0 Å². The number of ether oxygens (including phenoxy) is 1. The number of carbonyl (C=O) groups excluding carboxylic acids is 4. The number of amides is 3. The Balaban J connectivity index is 1.54. The van der Waals surface area contributed by atoms with Crippen LogP contribution in [0.1, 0.15) is 40.5 Å². The zero-order valence-corrected chi connectivity index (χ0v) is 19.0. The zero-order valence-electron chi connectivity index (χ0n) is 19.0. The highest BCUT2D eigenvalue weighted by Crippen LogP contribution is 2.19. The van der Waals surface area contributed by atoms with Crippen LogP contribution in [-0.4, -0.2) is 66.8 Å². The minimum atomic E-state index is -0.317. The van der Waals surface area contributed by atoms with Crippen molar-refractivity contribution in [2.24, 2.45) is 5.92 Å². The van der Waals surface area contributed by atoms with Gasteiger partial charge < -0.3 is 19.9 Å². The molecule has 33 heavy (non-hydrogen) atoms. The predicted molar refractivity (Wildman–Crippen MR) is 124 cm³/mol. The molecule has 0 bridgehead atoms. The third-order valence-corrected chi connectivity index (χ3v) is 5.54. The van der Waals surface area contributed by atoms with Gasteiger partial charge in [0.25, 0.3) is 11.8 Å². The number of nitrogens with zero attached hydrogens (tertiary/aromatic N) is 2. The fraction of sp³-hybridized carbons (Fsp3) is 0.360. The second-order valence-corrected chi connectivity index (χ2v) is 7.99. The second kappa shape index (κ2) is 11.3. The molecule has 3 amide bonds. The maximum atomic E-state index is 12.8. The molecule has 1 fully saturated rings. The lowest BCUT2D eigenvalue weighted by molar-refractivity contribution is -0.151. The Labute approximate surface area is 193 Å². The van der Waals surface area contributed by atoms with E-state index in [9.17, 15) is 19.2 Å². The quantitative estimate of drug-likeness (QED) is 0.653. The molecule has 0 saturated carbocycles. The Bertz CT molecular complexity index is 991. The van der Waals surface area contributed by atoms with Crippen LogP contribution in [0.3, 0.4) is 0 Å². The van der Waals surface area contributed by atoms with Gasteiger partial charge in [0.05, 0.1) is 19.1 Å². The van der Waals surface area contributed by atoms with Crippen LogP contribution < -0.4 is 5.32 Å². The van der Waals surface area contributed by atoms with E-state index in [0.29, 0.717) is 42.9 Å². The number of benzene rings is 2. The van der Waals surface area contributed by atoms with Crippen molar-refractivity contribution in [2.45, 2.75) is 19.8 Å². The van der Waals surface area contributed by atoms with Gasteiger partial charge in [-0.3, -0.25) is 19.2 Å². The number of hydrogen-bond acceptors (Lipinski definition) is 5. The summed E-state index contributed by atoms with van der Waals surface area (Å²) in [6, 6.07) is 15.4. The zero-order chi connectivity index (χ0) is 23.8. The van der Waals surface area contributed by atoms with Crippen LogP contribution in [0.25, 0.3) is 0 Å². The van der Waals surface area contributed by atoms with Crippen molar-refractivity contribution in [3.8, 4) is 0 Å². The summed E-state index contributed by atoms with van der Waals surface area (Å²) < 4.78 is 5.08. The van der Waals surface area contributed by atoms with Crippen LogP contribution in [0, 0.1) is 5.92 Å². The van der Waals surface area contributed by atoms with E-state index in [1.807, 2.05) is 6.07 Å². The second-order valence-electron chi connectivity index (χ2n) is 7.99. The number of nitrogens with one attached hydrogen (secondary N) is 1. The van der Waals surface area contributed by atoms with Gasteiger partial charge in [-0.1, -0.05) is 18.2 Å². The molecule has 1 saturated heterocycles. The summed E-state index contributed by atoms with van der Waals surface area (Å²) in [6.07, 6.45) is 1.42. The standard InChI is InChI=1S/C25H29N3O5/c1-3-33-25(32)20-10-7-15-28(16-20)22(29)17-27(2)24(31)19-11-13-21(14-12-19)26-23(30)18-8-5-4-6-9-18/h4-6,8-9,11-14,20H,3,7,10,15-17H2,1-2H3,(H,26,30). The maximum Gasteiger partial charge on any atom is 0.310 e. The molecule has 174 valence electrons. The van der Waals surface area contributed by atoms with Gasteiger partial charge in [0.2, 0.25) is 5.91 Å². The monoisotopic (exact) mass is 451 g/mol. The fourth-order valence-electron chi connectivity index (χ4n) is 3.74. The van der Waals surface area contributed by atoms with E-state index in [2.05, 4.69) is 5.32 Å². The lowest BCUT2D eigenvalue weighted by atomic mass is 9.98. The van der Waals surface area contributed by atoms with Gasteiger partial charge in [0, 0.05) is 37.0 Å². The van der Waals surface area contributed by atoms with Crippen molar-refractivity contribution in [3.63, 3.8) is 0 Å². The van der Waals surface area contributed by atoms with Crippen LogP contribution in [0.4, 0.5) is 5.69 Å². The highest BCUT2D eigenvalue weighted by atomic mass is 16.5. The molecule has 1 aliphatic heterocycles. The lowest BCUT2D eigenvalue weighted by Crippen LogP contribution is -2.47. The number of esters is 1. The summed E-state index contributed by atoms with van der Waals surface area (Å²) in [7, 11) is 1.57. The number of hydrogen-bond donors (Lipinski definition) is 1. The summed E-state index contributed by atoms with van der Waals surface area (Å²) in [5.74, 6) is -1.34. The molecule has 0 aromatic heterocycles. The largest absolute Gasteiger partial charge is 0.466 e. The van der Waals surface area contributed by atoms with E-state index in [4.69, 9.17) is 4.74 Å². The first kappa shape index (κ1) is 24.0. The summed E-state index contributed by atoms with van der Waals surface area (Å²) in [5.41, 5.74) is 1.52. The molecule has 3 rings (SSSR count). The molecule has 0 aliphatic carbocycles. The smallest absolute Gasteiger partial charge is 0.310 e. The van der Waals surface area contributed by atoms with Gasteiger partial charge in [0.1, 0.15) is 0 Å². The molecular formula is C25H29N3O5. The van der Waals surface area contributed by atoms with Crippen molar-refractivity contribution >= 4 is 29.4 Å². The van der Waals surface area contributed by atoms with Crippen molar-refractivity contribution in [2.75, 3.05) is 38.6 Å². The Morgan fingerprint density at radius 3 is 2.39 bits per heavy atom. The maximum absolute atomic E-state index is 12.8. The number of anilines is 1. The van der Waals surface area contributed by atoms with Crippen LogP contribution in [-0.2, 0) is 14.3 Å². The summed E-state index contributed by atoms with van der Waals surface area (Å²) in [5, 5.41) is 2.79. The molecule has 0 spiro atoms. The number of rotatable bonds is 7. The molecule has 1 heterocycles. The topological polar surface area (TPSA) is 96.0 Å². The Hall–Kier alpha value is -3.68. The van der Waals surface area contributed by atoms with Gasteiger partial charge in [-0.25, -0.2) is 0 Å². The Morgan fingerprint density at radius 1 is 1.03 bits per heavy atom. The van der Waals surface area contributed by atoms with Crippen LogP contribution in [0.2, 0.25) is 0 Å². The van der Waals surface area contributed by atoms with Crippen molar-refractivity contribution in [1.82, 2.24) is 9.80 Å². The first-order valence-corrected chi connectivity index (χ1v) is 11.1. The molecule has 2 aromatic rings. The number of carbonyl (C=O) groups is 4. The minimum absolute atomic E-state index is 0.0825. The number of piperidine rings is 1.